The fourth-order valence-corrected chi connectivity index (χ4v) is 3.90. The predicted molar refractivity (Wildman–Crippen MR) is 119 cm³/mol. The largest absolute Gasteiger partial charge is 0.497 e. The molecule has 2 aromatic carbocycles. The first-order chi connectivity index (χ1) is 14.9. The maximum atomic E-state index is 12.9. The third-order valence-corrected chi connectivity index (χ3v) is 5.49. The molecule has 0 radical (unpaired) electrons. The highest BCUT2D eigenvalue weighted by molar-refractivity contribution is 7.16. The molecular formula is C22H24N2O6S. The molecule has 164 valence electrons. The van der Waals surface area contributed by atoms with Crippen LogP contribution in [0.3, 0.4) is 0 Å². The van der Waals surface area contributed by atoms with E-state index in [0.29, 0.717) is 45.1 Å². The van der Waals surface area contributed by atoms with Gasteiger partial charge >= 0.3 is 0 Å². The normalized spacial score (nSPS) is 10.4. The van der Waals surface area contributed by atoms with E-state index in [1.807, 2.05) is 25.1 Å². The number of carbonyl (C=O) groups excluding carboxylic acids is 1. The molecule has 9 heteroatoms. The minimum absolute atomic E-state index is 0.350. The Balaban J connectivity index is 1.93. The zero-order chi connectivity index (χ0) is 22.5. The topological polar surface area (TPSA) is 88.1 Å². The average molecular weight is 445 g/mol. The van der Waals surface area contributed by atoms with E-state index in [2.05, 4.69) is 10.3 Å². The van der Waals surface area contributed by atoms with Crippen LogP contribution in [0.5, 0.6) is 28.7 Å². The minimum Gasteiger partial charge on any atom is -0.497 e. The van der Waals surface area contributed by atoms with Gasteiger partial charge in [0, 0.05) is 16.0 Å². The van der Waals surface area contributed by atoms with Crippen molar-refractivity contribution in [1.82, 2.24) is 4.98 Å². The van der Waals surface area contributed by atoms with E-state index in [-0.39, 0.29) is 5.91 Å². The highest BCUT2D eigenvalue weighted by Gasteiger charge is 2.20. The van der Waals surface area contributed by atoms with Gasteiger partial charge in [-0.15, -0.1) is 11.3 Å². The van der Waals surface area contributed by atoms with Crippen LogP contribution in [0.25, 0.3) is 11.3 Å². The second-order valence-corrected chi connectivity index (χ2v) is 7.56. The van der Waals surface area contributed by atoms with Crippen LogP contribution in [0.15, 0.2) is 30.3 Å². The van der Waals surface area contributed by atoms with Crippen molar-refractivity contribution in [1.29, 1.82) is 0 Å². The summed E-state index contributed by atoms with van der Waals surface area (Å²) in [4.78, 5) is 18.4. The highest BCUT2D eigenvalue weighted by atomic mass is 32.1. The molecule has 0 saturated carbocycles. The molecule has 0 fully saturated rings. The van der Waals surface area contributed by atoms with Crippen LogP contribution in [0, 0.1) is 6.92 Å². The molecule has 0 saturated heterocycles. The number of amides is 1. The summed E-state index contributed by atoms with van der Waals surface area (Å²) in [6, 6.07) is 8.66. The Kier molecular flexibility index (Phi) is 6.86. The summed E-state index contributed by atoms with van der Waals surface area (Å²) >= 11 is 1.37. The Morgan fingerprint density at radius 3 is 2.06 bits per heavy atom. The Morgan fingerprint density at radius 1 is 0.871 bits per heavy atom. The van der Waals surface area contributed by atoms with Crippen LogP contribution in [0.1, 0.15) is 15.2 Å². The summed E-state index contributed by atoms with van der Waals surface area (Å²) in [6.07, 6.45) is 0. The Bertz CT molecular complexity index is 1070. The lowest BCUT2D eigenvalue weighted by molar-refractivity contribution is 0.102. The van der Waals surface area contributed by atoms with E-state index in [0.717, 1.165) is 10.4 Å². The number of carbonyl (C=O) groups is 1. The standard InChI is InChI=1S/C22H24N2O6S/c1-12-19(15-11-14(26-2)7-8-16(15)27-3)23-22(31-12)24-21(25)13-9-17(28-4)20(30-6)18(10-13)29-5/h7-11H,1-6H3,(H,23,24,25). The van der Waals surface area contributed by atoms with E-state index in [1.165, 1.54) is 32.7 Å². The summed E-state index contributed by atoms with van der Waals surface area (Å²) < 4.78 is 26.7. The second-order valence-electron chi connectivity index (χ2n) is 6.36. The Hall–Kier alpha value is -3.46. The second kappa shape index (κ2) is 9.57. The summed E-state index contributed by atoms with van der Waals surface area (Å²) in [7, 11) is 7.70. The quantitative estimate of drug-likeness (QED) is 0.550. The van der Waals surface area contributed by atoms with Crippen molar-refractivity contribution in [3.8, 4) is 40.0 Å². The molecule has 1 amide bonds. The van der Waals surface area contributed by atoms with Crippen LogP contribution in [-0.2, 0) is 0 Å². The van der Waals surface area contributed by atoms with Gasteiger partial charge in [-0.1, -0.05) is 0 Å². The van der Waals surface area contributed by atoms with Crippen molar-refractivity contribution in [2.45, 2.75) is 6.92 Å². The van der Waals surface area contributed by atoms with Crippen LogP contribution in [0.2, 0.25) is 0 Å². The molecule has 0 aliphatic rings. The average Bonchev–Trinajstić information content (AvgIpc) is 3.16. The molecule has 0 aliphatic heterocycles. The number of nitrogens with zero attached hydrogens (tertiary/aromatic N) is 1. The fraction of sp³-hybridized carbons (Fsp3) is 0.273. The first kappa shape index (κ1) is 22.2. The zero-order valence-corrected chi connectivity index (χ0v) is 19.0. The van der Waals surface area contributed by atoms with Crippen molar-refractivity contribution >= 4 is 22.4 Å². The number of hydrogen-bond donors (Lipinski definition) is 1. The SMILES string of the molecule is COc1ccc(OC)c(-c2nc(NC(=O)c3cc(OC)c(OC)c(OC)c3)sc2C)c1. The van der Waals surface area contributed by atoms with Gasteiger partial charge in [-0.25, -0.2) is 4.98 Å². The lowest BCUT2D eigenvalue weighted by Gasteiger charge is -2.13. The molecule has 0 atom stereocenters. The van der Waals surface area contributed by atoms with Crippen molar-refractivity contribution in [3.63, 3.8) is 0 Å². The van der Waals surface area contributed by atoms with Gasteiger partial charge in [0.2, 0.25) is 5.75 Å². The van der Waals surface area contributed by atoms with Gasteiger partial charge in [0.25, 0.3) is 5.91 Å². The molecule has 1 N–H and O–H groups in total. The molecule has 3 aromatic rings. The number of rotatable bonds is 8. The highest BCUT2D eigenvalue weighted by Crippen LogP contribution is 2.40. The van der Waals surface area contributed by atoms with Crippen molar-refractivity contribution in [2.75, 3.05) is 40.9 Å². The molecule has 1 heterocycles. The van der Waals surface area contributed by atoms with Crippen molar-refractivity contribution in [3.05, 3.63) is 40.8 Å². The van der Waals surface area contributed by atoms with Gasteiger partial charge in [0.1, 0.15) is 11.5 Å². The lowest BCUT2D eigenvalue weighted by atomic mass is 10.1. The Labute approximate surface area is 184 Å². The smallest absolute Gasteiger partial charge is 0.257 e. The number of aryl methyl sites for hydroxylation is 1. The number of aromatic nitrogens is 1. The monoisotopic (exact) mass is 444 g/mol. The molecule has 31 heavy (non-hydrogen) atoms. The van der Waals surface area contributed by atoms with Crippen LogP contribution in [0.4, 0.5) is 5.13 Å². The molecule has 0 bridgehead atoms. The number of anilines is 1. The van der Waals surface area contributed by atoms with Crippen molar-refractivity contribution in [2.24, 2.45) is 0 Å². The van der Waals surface area contributed by atoms with E-state index in [9.17, 15) is 4.79 Å². The zero-order valence-electron chi connectivity index (χ0n) is 18.2. The molecule has 1 aromatic heterocycles. The van der Waals surface area contributed by atoms with Gasteiger partial charge in [0.15, 0.2) is 16.6 Å². The van der Waals surface area contributed by atoms with Crippen LogP contribution in [-0.4, -0.2) is 46.4 Å². The van der Waals surface area contributed by atoms with Gasteiger partial charge in [-0.3, -0.25) is 10.1 Å². The van der Waals surface area contributed by atoms with E-state index in [1.54, 1.807) is 26.4 Å². The molecule has 0 spiro atoms. The number of nitrogens with one attached hydrogen (secondary N) is 1. The van der Waals surface area contributed by atoms with E-state index in [4.69, 9.17) is 23.7 Å². The minimum atomic E-state index is -0.350. The molecule has 0 aliphatic carbocycles. The number of benzene rings is 2. The predicted octanol–water partition coefficient (Wildman–Crippen LogP) is 4.41. The first-order valence-corrected chi connectivity index (χ1v) is 10.1. The number of hydrogen-bond acceptors (Lipinski definition) is 8. The molecule has 3 rings (SSSR count). The van der Waals surface area contributed by atoms with Crippen molar-refractivity contribution < 1.29 is 28.5 Å². The van der Waals surface area contributed by atoms with E-state index < -0.39 is 0 Å². The maximum Gasteiger partial charge on any atom is 0.257 e. The summed E-state index contributed by atoms with van der Waals surface area (Å²) in [5.74, 6) is 2.20. The summed E-state index contributed by atoms with van der Waals surface area (Å²) in [5.41, 5.74) is 1.84. The number of methoxy groups -OCH3 is 5. The third kappa shape index (κ3) is 4.51. The summed E-state index contributed by atoms with van der Waals surface area (Å²) in [5, 5.41) is 3.29. The van der Waals surface area contributed by atoms with Crippen LogP contribution < -0.4 is 29.0 Å². The molecule has 8 nitrogen and oxygen atoms in total. The van der Waals surface area contributed by atoms with Gasteiger partial charge in [-0.2, -0.15) is 0 Å². The lowest BCUT2D eigenvalue weighted by Crippen LogP contribution is -2.12. The van der Waals surface area contributed by atoms with Crippen LogP contribution >= 0.6 is 11.3 Å². The fourth-order valence-electron chi connectivity index (χ4n) is 3.08. The van der Waals surface area contributed by atoms with Gasteiger partial charge in [0.05, 0.1) is 41.2 Å². The third-order valence-electron chi connectivity index (χ3n) is 4.61. The number of thiazole rings is 1. The molecular weight excluding hydrogens is 420 g/mol. The number of ether oxygens (including phenoxy) is 5. The maximum absolute atomic E-state index is 12.9. The molecule has 0 unspecified atom stereocenters. The first-order valence-electron chi connectivity index (χ1n) is 9.26. The Morgan fingerprint density at radius 2 is 1.52 bits per heavy atom. The van der Waals surface area contributed by atoms with Gasteiger partial charge in [-0.05, 0) is 37.3 Å². The van der Waals surface area contributed by atoms with E-state index >= 15 is 0 Å². The summed E-state index contributed by atoms with van der Waals surface area (Å²) in [6.45, 7) is 1.93. The van der Waals surface area contributed by atoms with Gasteiger partial charge < -0.3 is 23.7 Å².